The van der Waals surface area contributed by atoms with Crippen LogP contribution < -0.4 is 5.32 Å². The zero-order valence-electron chi connectivity index (χ0n) is 13.6. The number of carbonyl (C=O) groups excluding carboxylic acids is 1. The van der Waals surface area contributed by atoms with Crippen molar-refractivity contribution in [2.75, 3.05) is 19.6 Å². The van der Waals surface area contributed by atoms with Gasteiger partial charge in [-0.2, -0.15) is 0 Å². The Bertz CT molecular complexity index is 472. The van der Waals surface area contributed by atoms with E-state index in [-0.39, 0.29) is 0 Å². The summed E-state index contributed by atoms with van der Waals surface area (Å²) in [6.45, 7) is 9.31. The van der Waals surface area contributed by atoms with Gasteiger partial charge in [-0.1, -0.05) is 38.1 Å². The Morgan fingerprint density at radius 1 is 1.38 bits per heavy atom. The summed E-state index contributed by atoms with van der Waals surface area (Å²) in [6, 6.07) is 8.91. The molecule has 0 aliphatic carbocycles. The van der Waals surface area contributed by atoms with Crippen LogP contribution >= 0.6 is 0 Å². The van der Waals surface area contributed by atoms with Gasteiger partial charge >= 0.3 is 0 Å². The molecule has 0 spiro atoms. The van der Waals surface area contributed by atoms with Gasteiger partial charge in [0.25, 0.3) is 0 Å². The van der Waals surface area contributed by atoms with E-state index in [0.29, 0.717) is 24.3 Å². The Kier molecular flexibility index (Phi) is 5.80. The molecule has 1 fully saturated rings. The van der Waals surface area contributed by atoms with Gasteiger partial charge in [0.05, 0.1) is 0 Å². The number of rotatable bonds is 5. The second-order valence-electron chi connectivity index (χ2n) is 6.20. The Morgan fingerprint density at radius 3 is 2.81 bits per heavy atom. The average molecular weight is 288 g/mol. The first-order chi connectivity index (χ1) is 10.1. The molecule has 0 radical (unpaired) electrons. The van der Waals surface area contributed by atoms with Crippen molar-refractivity contribution in [3.63, 3.8) is 0 Å². The quantitative estimate of drug-likeness (QED) is 0.903. The van der Waals surface area contributed by atoms with Crippen LogP contribution in [0.25, 0.3) is 0 Å². The minimum Gasteiger partial charge on any atom is -0.342 e. The molecule has 1 saturated heterocycles. The summed E-state index contributed by atoms with van der Waals surface area (Å²) in [5.74, 6) is 0.848. The molecule has 2 unspecified atom stereocenters. The van der Waals surface area contributed by atoms with Gasteiger partial charge < -0.3 is 10.2 Å². The fourth-order valence-corrected chi connectivity index (χ4v) is 3.23. The maximum Gasteiger partial charge on any atom is 0.222 e. The lowest BCUT2D eigenvalue weighted by Gasteiger charge is -2.37. The maximum absolute atomic E-state index is 12.4. The minimum absolute atomic E-state index is 0.306. The van der Waals surface area contributed by atoms with Crippen molar-refractivity contribution in [3.8, 4) is 0 Å². The summed E-state index contributed by atoms with van der Waals surface area (Å²) in [5.41, 5.74) is 2.57. The Morgan fingerprint density at radius 2 is 2.14 bits per heavy atom. The number of nitrogens with one attached hydrogen (secondary N) is 1. The number of aryl methyl sites for hydroxylation is 2. The molecule has 2 rings (SSSR count). The largest absolute Gasteiger partial charge is 0.342 e. The summed E-state index contributed by atoms with van der Waals surface area (Å²) in [6.07, 6.45) is 2.56. The fourth-order valence-electron chi connectivity index (χ4n) is 3.23. The van der Waals surface area contributed by atoms with Gasteiger partial charge in [0.1, 0.15) is 0 Å². The van der Waals surface area contributed by atoms with Crippen LogP contribution in [-0.4, -0.2) is 36.5 Å². The lowest BCUT2D eigenvalue weighted by atomic mass is 9.93. The highest BCUT2D eigenvalue weighted by Gasteiger charge is 2.27. The molecular formula is C18H28N2O. The molecule has 116 valence electrons. The molecule has 0 saturated carbocycles. The van der Waals surface area contributed by atoms with Crippen LogP contribution in [0.1, 0.15) is 37.8 Å². The number of hydrogen-bond donors (Lipinski definition) is 1. The topological polar surface area (TPSA) is 32.3 Å². The Labute approximate surface area is 128 Å². The van der Waals surface area contributed by atoms with E-state index in [1.807, 2.05) is 6.07 Å². The maximum atomic E-state index is 12.4. The van der Waals surface area contributed by atoms with Gasteiger partial charge in [-0.15, -0.1) is 0 Å². The van der Waals surface area contributed by atoms with Gasteiger partial charge in [-0.25, -0.2) is 0 Å². The third-order valence-electron chi connectivity index (χ3n) is 4.59. The van der Waals surface area contributed by atoms with Gasteiger partial charge in [0, 0.05) is 25.6 Å². The lowest BCUT2D eigenvalue weighted by molar-refractivity contribution is -0.133. The summed E-state index contributed by atoms with van der Waals surface area (Å²) < 4.78 is 0. The van der Waals surface area contributed by atoms with E-state index in [1.54, 1.807) is 0 Å². The van der Waals surface area contributed by atoms with Gasteiger partial charge in [-0.3, -0.25) is 4.79 Å². The molecule has 1 aliphatic rings. The number of hydrogen-bond acceptors (Lipinski definition) is 2. The van der Waals surface area contributed by atoms with E-state index in [4.69, 9.17) is 0 Å². The Hall–Kier alpha value is -1.35. The van der Waals surface area contributed by atoms with E-state index in [2.05, 4.69) is 49.2 Å². The fraction of sp³-hybridized carbons (Fsp3) is 0.611. The zero-order valence-corrected chi connectivity index (χ0v) is 13.6. The molecule has 2 atom stereocenters. The summed E-state index contributed by atoms with van der Waals surface area (Å²) in [7, 11) is 0. The second-order valence-corrected chi connectivity index (χ2v) is 6.20. The third kappa shape index (κ3) is 4.31. The Balaban J connectivity index is 1.83. The number of amides is 1. The van der Waals surface area contributed by atoms with Crippen molar-refractivity contribution in [2.45, 2.75) is 46.1 Å². The SMILES string of the molecule is CCNC1CCN(C(=O)CCc2ccccc2C)CC1C. The molecule has 1 N–H and O–H groups in total. The lowest BCUT2D eigenvalue weighted by Crippen LogP contribution is -2.50. The highest BCUT2D eigenvalue weighted by Crippen LogP contribution is 2.18. The van der Waals surface area contributed by atoms with Gasteiger partial charge in [0.2, 0.25) is 5.91 Å². The smallest absolute Gasteiger partial charge is 0.222 e. The average Bonchev–Trinajstić information content (AvgIpc) is 2.48. The predicted octanol–water partition coefficient (Wildman–Crippen LogP) is 2.77. The van der Waals surface area contributed by atoms with Crippen molar-refractivity contribution in [3.05, 3.63) is 35.4 Å². The van der Waals surface area contributed by atoms with E-state index in [0.717, 1.165) is 32.5 Å². The predicted molar refractivity (Wildman–Crippen MR) is 87.3 cm³/mol. The van der Waals surface area contributed by atoms with E-state index < -0.39 is 0 Å². The molecule has 1 heterocycles. The standard InChI is InChI=1S/C18H28N2O/c1-4-19-17-11-12-20(13-15(17)3)18(21)10-9-16-8-6-5-7-14(16)2/h5-8,15,17,19H,4,9-13H2,1-3H3. The monoisotopic (exact) mass is 288 g/mol. The van der Waals surface area contributed by atoms with Crippen LogP contribution in [-0.2, 0) is 11.2 Å². The van der Waals surface area contributed by atoms with Crippen molar-refractivity contribution in [1.29, 1.82) is 0 Å². The first-order valence-corrected chi connectivity index (χ1v) is 8.17. The zero-order chi connectivity index (χ0) is 15.2. The third-order valence-corrected chi connectivity index (χ3v) is 4.59. The first-order valence-electron chi connectivity index (χ1n) is 8.17. The molecule has 0 aromatic heterocycles. The van der Waals surface area contributed by atoms with Gasteiger partial charge in [-0.05, 0) is 43.4 Å². The van der Waals surface area contributed by atoms with Crippen LogP contribution in [0.3, 0.4) is 0 Å². The molecule has 1 aliphatic heterocycles. The second kappa shape index (κ2) is 7.60. The van der Waals surface area contributed by atoms with Crippen molar-refractivity contribution < 1.29 is 4.79 Å². The highest BCUT2D eigenvalue weighted by atomic mass is 16.2. The molecule has 3 heteroatoms. The first kappa shape index (κ1) is 16.0. The molecule has 1 amide bonds. The molecule has 21 heavy (non-hydrogen) atoms. The minimum atomic E-state index is 0.306. The van der Waals surface area contributed by atoms with Crippen molar-refractivity contribution >= 4 is 5.91 Å². The number of piperidine rings is 1. The van der Waals surface area contributed by atoms with Crippen molar-refractivity contribution in [2.24, 2.45) is 5.92 Å². The molecule has 1 aromatic carbocycles. The van der Waals surface area contributed by atoms with E-state index >= 15 is 0 Å². The summed E-state index contributed by atoms with van der Waals surface area (Å²) >= 11 is 0. The normalized spacial score (nSPS) is 22.3. The number of nitrogens with zero attached hydrogens (tertiary/aromatic N) is 1. The number of likely N-dealkylation sites (tertiary alicyclic amines) is 1. The summed E-state index contributed by atoms with van der Waals surface area (Å²) in [5, 5.41) is 3.52. The van der Waals surface area contributed by atoms with Crippen LogP contribution in [0.5, 0.6) is 0 Å². The van der Waals surface area contributed by atoms with Crippen LogP contribution in [0.15, 0.2) is 24.3 Å². The van der Waals surface area contributed by atoms with Gasteiger partial charge in [0.15, 0.2) is 0 Å². The molecule has 1 aromatic rings. The van der Waals surface area contributed by atoms with Crippen molar-refractivity contribution in [1.82, 2.24) is 10.2 Å². The molecule has 3 nitrogen and oxygen atoms in total. The van der Waals surface area contributed by atoms with Crippen LogP contribution in [0.2, 0.25) is 0 Å². The highest BCUT2D eigenvalue weighted by molar-refractivity contribution is 5.76. The van der Waals surface area contributed by atoms with Crippen LogP contribution in [0.4, 0.5) is 0 Å². The van der Waals surface area contributed by atoms with Crippen LogP contribution in [0, 0.1) is 12.8 Å². The van der Waals surface area contributed by atoms with E-state index in [1.165, 1.54) is 11.1 Å². The number of carbonyl (C=O) groups is 1. The molecular weight excluding hydrogens is 260 g/mol. The summed E-state index contributed by atoms with van der Waals surface area (Å²) in [4.78, 5) is 14.5. The molecule has 0 bridgehead atoms. The number of benzene rings is 1. The van der Waals surface area contributed by atoms with E-state index in [9.17, 15) is 4.79 Å².